The van der Waals surface area contributed by atoms with Gasteiger partial charge in [0.1, 0.15) is 4.90 Å². The van der Waals surface area contributed by atoms with Crippen LogP contribution in [0.1, 0.15) is 10.5 Å². The Kier molecular flexibility index (Phi) is 5.85. The number of amides is 1. The van der Waals surface area contributed by atoms with Crippen molar-refractivity contribution in [3.05, 3.63) is 64.9 Å². The molecule has 30 heavy (non-hydrogen) atoms. The predicted molar refractivity (Wildman–Crippen MR) is 107 cm³/mol. The molecule has 0 saturated heterocycles. The quantitative estimate of drug-likeness (QED) is 0.545. The summed E-state index contributed by atoms with van der Waals surface area (Å²) in [5.41, 5.74) is 5.79. The lowest BCUT2D eigenvalue weighted by Crippen LogP contribution is -2.21. The molecule has 4 N–H and O–H groups in total. The smallest absolute Gasteiger partial charge is 0.273 e. The van der Waals surface area contributed by atoms with Crippen LogP contribution in [0.15, 0.2) is 47.5 Å². The number of carbonyl (C=O) groups is 1. The first-order valence-electron chi connectivity index (χ1n) is 8.25. The molecule has 1 aromatic heterocycles. The van der Waals surface area contributed by atoms with Gasteiger partial charge in [0.05, 0.1) is 22.6 Å². The highest BCUT2D eigenvalue weighted by Crippen LogP contribution is 2.29. The topological polar surface area (TPSA) is 127 Å². The molecular formula is C18H14ClF2N5O3S. The number of sulfonamides is 1. The van der Waals surface area contributed by atoms with E-state index in [2.05, 4.69) is 20.0 Å². The lowest BCUT2D eigenvalue weighted by molar-refractivity contribution is 0.0959. The molecule has 0 fully saturated rings. The minimum Gasteiger partial charge on any atom is -0.382 e. The van der Waals surface area contributed by atoms with Crippen LogP contribution in [0.25, 0.3) is 11.3 Å². The molecule has 0 spiro atoms. The van der Waals surface area contributed by atoms with Crippen LogP contribution in [0, 0.1) is 11.6 Å². The number of nitrogens with one attached hydrogen (secondary N) is 2. The van der Waals surface area contributed by atoms with Crippen LogP contribution >= 0.6 is 11.6 Å². The second kappa shape index (κ2) is 8.20. The number of carbonyl (C=O) groups excluding carboxylic acids is 1. The molecular weight excluding hydrogens is 440 g/mol. The van der Waals surface area contributed by atoms with Crippen LogP contribution in [0.3, 0.4) is 0 Å². The Bertz CT molecular complexity index is 1250. The predicted octanol–water partition coefficient (Wildman–Crippen LogP) is 2.82. The number of benzene rings is 2. The number of hydrogen-bond donors (Lipinski definition) is 3. The zero-order chi connectivity index (χ0) is 22.1. The molecule has 0 aliphatic rings. The van der Waals surface area contributed by atoms with E-state index in [0.29, 0.717) is 6.07 Å². The van der Waals surface area contributed by atoms with Crippen LogP contribution in [0.4, 0.5) is 20.3 Å². The van der Waals surface area contributed by atoms with Gasteiger partial charge in [0.15, 0.2) is 23.1 Å². The summed E-state index contributed by atoms with van der Waals surface area (Å²) in [5.74, 6) is -3.00. The third-order valence-corrected chi connectivity index (χ3v) is 5.79. The van der Waals surface area contributed by atoms with Gasteiger partial charge in [-0.05, 0) is 24.3 Å². The van der Waals surface area contributed by atoms with Gasteiger partial charge in [0, 0.05) is 18.7 Å². The summed E-state index contributed by atoms with van der Waals surface area (Å²) in [4.78, 5) is 19.6. The number of rotatable bonds is 5. The number of nitrogens with two attached hydrogens (primary N) is 1. The molecule has 0 aliphatic carbocycles. The van der Waals surface area contributed by atoms with E-state index in [4.69, 9.17) is 17.3 Å². The highest BCUT2D eigenvalue weighted by molar-refractivity contribution is 7.92. The van der Waals surface area contributed by atoms with Gasteiger partial charge in [0.25, 0.3) is 15.9 Å². The number of aromatic nitrogens is 2. The molecule has 0 radical (unpaired) electrons. The molecule has 0 atom stereocenters. The van der Waals surface area contributed by atoms with Crippen molar-refractivity contribution in [2.24, 2.45) is 0 Å². The van der Waals surface area contributed by atoms with E-state index in [1.165, 1.54) is 31.4 Å². The molecule has 0 aliphatic heterocycles. The first-order valence-corrected chi connectivity index (χ1v) is 10.1. The first-order chi connectivity index (χ1) is 14.1. The Morgan fingerprint density at radius 2 is 1.87 bits per heavy atom. The Balaban J connectivity index is 2.03. The first kappa shape index (κ1) is 21.4. The van der Waals surface area contributed by atoms with E-state index in [9.17, 15) is 22.0 Å². The van der Waals surface area contributed by atoms with Crippen molar-refractivity contribution in [2.75, 3.05) is 17.5 Å². The fourth-order valence-electron chi connectivity index (χ4n) is 2.46. The SMILES string of the molecule is CNC(=O)c1nc(-c2ccc(Cl)c(S(=O)(=O)Nc3ccc(F)c(F)c3)c2)cnc1N. The highest BCUT2D eigenvalue weighted by atomic mass is 35.5. The average molecular weight is 454 g/mol. The molecule has 156 valence electrons. The van der Waals surface area contributed by atoms with E-state index < -0.39 is 27.6 Å². The Hall–Kier alpha value is -3.31. The second-order valence-corrected chi connectivity index (χ2v) is 8.01. The second-order valence-electron chi connectivity index (χ2n) is 5.95. The molecule has 1 amide bonds. The van der Waals surface area contributed by atoms with Crippen molar-refractivity contribution < 1.29 is 22.0 Å². The monoisotopic (exact) mass is 453 g/mol. The van der Waals surface area contributed by atoms with Crippen LogP contribution in [0.5, 0.6) is 0 Å². The molecule has 0 unspecified atom stereocenters. The molecule has 0 bridgehead atoms. The van der Waals surface area contributed by atoms with Crippen LogP contribution < -0.4 is 15.8 Å². The maximum absolute atomic E-state index is 13.4. The highest BCUT2D eigenvalue weighted by Gasteiger charge is 2.21. The normalized spacial score (nSPS) is 11.2. The van der Waals surface area contributed by atoms with Gasteiger partial charge in [-0.25, -0.2) is 27.2 Å². The number of nitrogens with zero attached hydrogens (tertiary/aromatic N) is 2. The van der Waals surface area contributed by atoms with Crippen LogP contribution in [-0.4, -0.2) is 31.3 Å². The summed E-state index contributed by atoms with van der Waals surface area (Å²) in [5, 5.41) is 2.25. The molecule has 8 nitrogen and oxygen atoms in total. The summed E-state index contributed by atoms with van der Waals surface area (Å²) in [6.07, 6.45) is 1.27. The van der Waals surface area contributed by atoms with E-state index in [0.717, 1.165) is 12.1 Å². The number of anilines is 2. The van der Waals surface area contributed by atoms with Gasteiger partial charge >= 0.3 is 0 Å². The Morgan fingerprint density at radius 1 is 1.13 bits per heavy atom. The van der Waals surface area contributed by atoms with E-state index in [-0.39, 0.29) is 38.4 Å². The molecule has 3 rings (SSSR count). The van der Waals surface area contributed by atoms with E-state index in [1.54, 1.807) is 0 Å². The van der Waals surface area contributed by atoms with Crippen molar-refractivity contribution in [2.45, 2.75) is 4.90 Å². The van der Waals surface area contributed by atoms with Gasteiger partial charge in [-0.2, -0.15) is 0 Å². The zero-order valence-corrected chi connectivity index (χ0v) is 16.9. The maximum Gasteiger partial charge on any atom is 0.273 e. The summed E-state index contributed by atoms with van der Waals surface area (Å²) >= 11 is 6.05. The van der Waals surface area contributed by atoms with Gasteiger partial charge in [0.2, 0.25) is 0 Å². The van der Waals surface area contributed by atoms with Crippen LogP contribution in [-0.2, 0) is 10.0 Å². The molecule has 0 saturated carbocycles. The van der Waals surface area contributed by atoms with Crippen molar-refractivity contribution in [3.63, 3.8) is 0 Å². The van der Waals surface area contributed by atoms with Crippen molar-refractivity contribution in [3.8, 4) is 11.3 Å². The minimum absolute atomic E-state index is 0.0973. The molecule has 2 aromatic carbocycles. The van der Waals surface area contributed by atoms with Crippen molar-refractivity contribution >= 4 is 39.0 Å². The summed E-state index contributed by atoms with van der Waals surface area (Å²) < 4.78 is 54.1. The Morgan fingerprint density at radius 3 is 2.53 bits per heavy atom. The number of hydrogen-bond acceptors (Lipinski definition) is 6. The summed E-state index contributed by atoms with van der Waals surface area (Å²) in [7, 11) is -2.87. The Labute approximate surface area is 175 Å². The fraction of sp³-hybridized carbons (Fsp3) is 0.0556. The van der Waals surface area contributed by atoms with E-state index >= 15 is 0 Å². The van der Waals surface area contributed by atoms with Gasteiger partial charge < -0.3 is 11.1 Å². The summed E-state index contributed by atoms with van der Waals surface area (Å²) in [6, 6.07) is 6.55. The average Bonchev–Trinajstić information content (AvgIpc) is 2.70. The van der Waals surface area contributed by atoms with Crippen molar-refractivity contribution in [1.82, 2.24) is 15.3 Å². The molecule has 1 heterocycles. The number of halogens is 3. The fourth-order valence-corrected chi connectivity index (χ4v) is 4.04. The van der Waals surface area contributed by atoms with Crippen molar-refractivity contribution in [1.29, 1.82) is 0 Å². The largest absolute Gasteiger partial charge is 0.382 e. The lowest BCUT2D eigenvalue weighted by Gasteiger charge is -2.12. The van der Waals surface area contributed by atoms with E-state index in [1.807, 2.05) is 0 Å². The van der Waals surface area contributed by atoms with Gasteiger partial charge in [-0.3, -0.25) is 9.52 Å². The minimum atomic E-state index is -4.27. The third-order valence-electron chi connectivity index (χ3n) is 3.93. The molecule has 12 heteroatoms. The maximum atomic E-state index is 13.4. The van der Waals surface area contributed by atoms with Crippen LogP contribution in [0.2, 0.25) is 5.02 Å². The zero-order valence-electron chi connectivity index (χ0n) is 15.3. The number of nitrogen functional groups attached to an aromatic ring is 1. The molecule has 3 aromatic rings. The third kappa shape index (κ3) is 4.31. The van der Waals surface area contributed by atoms with Gasteiger partial charge in [-0.1, -0.05) is 17.7 Å². The van der Waals surface area contributed by atoms with Gasteiger partial charge in [-0.15, -0.1) is 0 Å². The lowest BCUT2D eigenvalue weighted by atomic mass is 10.1. The summed E-state index contributed by atoms with van der Waals surface area (Å²) in [6.45, 7) is 0. The standard InChI is InChI=1S/C18H14ClF2N5O3S/c1-23-18(27)16-17(22)24-8-14(25-16)9-2-4-11(19)15(6-9)30(28,29)26-10-3-5-12(20)13(21)7-10/h2-8,26H,1H3,(H2,22,24)(H,23,27).